The van der Waals surface area contributed by atoms with Gasteiger partial charge in [-0.15, -0.1) is 0 Å². The molecule has 56 valence electrons. The highest BCUT2D eigenvalue weighted by molar-refractivity contribution is 5.16. The van der Waals surface area contributed by atoms with Crippen LogP contribution in [-0.2, 0) is 0 Å². The lowest BCUT2D eigenvalue weighted by molar-refractivity contribution is 0.599. The first-order valence-corrected chi connectivity index (χ1v) is 4.17. The van der Waals surface area contributed by atoms with Gasteiger partial charge in [0.2, 0.25) is 0 Å². The van der Waals surface area contributed by atoms with Crippen molar-refractivity contribution in [3.05, 3.63) is 12.3 Å². The second kappa shape index (κ2) is 1.77. The highest BCUT2D eigenvalue weighted by Gasteiger charge is 2.41. The minimum atomic E-state index is 0.475. The number of nitrogens with one attached hydrogen (secondary N) is 1. The third kappa shape index (κ3) is 1.05. The molecular formula is C9H15N. The van der Waals surface area contributed by atoms with Crippen LogP contribution in [0.15, 0.2) is 12.3 Å². The summed E-state index contributed by atoms with van der Waals surface area (Å²) in [6.45, 7) is 6.35. The molecule has 0 aliphatic heterocycles. The van der Waals surface area contributed by atoms with E-state index in [1.807, 2.05) is 0 Å². The molecule has 0 spiro atoms. The van der Waals surface area contributed by atoms with Gasteiger partial charge in [0.25, 0.3) is 0 Å². The highest BCUT2D eigenvalue weighted by atomic mass is 15.0. The molecule has 0 bridgehead atoms. The summed E-state index contributed by atoms with van der Waals surface area (Å²) in [4.78, 5) is 0. The van der Waals surface area contributed by atoms with Crippen molar-refractivity contribution in [2.24, 2.45) is 5.41 Å². The molecule has 1 N–H and O–H groups in total. The van der Waals surface area contributed by atoms with Gasteiger partial charge in [-0.1, -0.05) is 13.5 Å². The van der Waals surface area contributed by atoms with Crippen molar-refractivity contribution in [1.29, 1.82) is 0 Å². The minimum Gasteiger partial charge on any atom is -0.386 e. The number of hydrogen-bond donors (Lipinski definition) is 1. The van der Waals surface area contributed by atoms with Crippen molar-refractivity contribution in [3.8, 4) is 0 Å². The predicted octanol–water partition coefficient (Wildman–Crippen LogP) is 2.05. The van der Waals surface area contributed by atoms with Gasteiger partial charge >= 0.3 is 0 Å². The second-order valence-electron chi connectivity index (χ2n) is 3.96. The Bertz CT molecular complexity index is 164. The van der Waals surface area contributed by atoms with Crippen LogP contribution in [0.1, 0.15) is 32.6 Å². The van der Waals surface area contributed by atoms with E-state index in [2.05, 4.69) is 18.8 Å². The zero-order chi connectivity index (χ0) is 7.19. The molecule has 2 saturated carbocycles. The van der Waals surface area contributed by atoms with Gasteiger partial charge in [0.15, 0.2) is 0 Å². The van der Waals surface area contributed by atoms with Crippen molar-refractivity contribution in [2.75, 3.05) is 0 Å². The Balaban J connectivity index is 1.85. The standard InChI is InChI=1S/C9H15N/c1-7(9(2)5-6-9)10-8-3-4-8/h8,10H,1,3-6H2,2H3. The van der Waals surface area contributed by atoms with E-state index in [9.17, 15) is 0 Å². The van der Waals surface area contributed by atoms with E-state index in [1.165, 1.54) is 31.4 Å². The average molecular weight is 137 g/mol. The van der Waals surface area contributed by atoms with Gasteiger partial charge in [0.05, 0.1) is 0 Å². The van der Waals surface area contributed by atoms with E-state index in [0.29, 0.717) is 5.41 Å². The summed E-state index contributed by atoms with van der Waals surface area (Å²) in [5.74, 6) is 0. The number of hydrogen-bond acceptors (Lipinski definition) is 1. The summed E-state index contributed by atoms with van der Waals surface area (Å²) in [5, 5.41) is 3.46. The quantitative estimate of drug-likeness (QED) is 0.627. The lowest BCUT2D eigenvalue weighted by Gasteiger charge is -2.13. The van der Waals surface area contributed by atoms with E-state index < -0.39 is 0 Å². The SMILES string of the molecule is C=C(NC1CC1)C1(C)CC1. The first-order valence-electron chi connectivity index (χ1n) is 4.17. The van der Waals surface area contributed by atoms with Crippen molar-refractivity contribution in [1.82, 2.24) is 5.32 Å². The zero-order valence-corrected chi connectivity index (χ0v) is 6.61. The summed E-state index contributed by atoms with van der Waals surface area (Å²) < 4.78 is 0. The van der Waals surface area contributed by atoms with Gasteiger partial charge in [0.1, 0.15) is 0 Å². The Morgan fingerprint density at radius 3 is 2.50 bits per heavy atom. The summed E-state index contributed by atoms with van der Waals surface area (Å²) in [6, 6.07) is 0.782. The van der Waals surface area contributed by atoms with Crippen LogP contribution in [-0.4, -0.2) is 6.04 Å². The maximum absolute atomic E-state index is 4.06. The van der Waals surface area contributed by atoms with Gasteiger partial charge in [0, 0.05) is 17.2 Å². The van der Waals surface area contributed by atoms with Crippen LogP contribution in [0, 0.1) is 5.41 Å². The Morgan fingerprint density at radius 2 is 2.10 bits per heavy atom. The largest absolute Gasteiger partial charge is 0.386 e. The van der Waals surface area contributed by atoms with Gasteiger partial charge in [-0.25, -0.2) is 0 Å². The van der Waals surface area contributed by atoms with Gasteiger partial charge in [-0.05, 0) is 25.7 Å². The molecular weight excluding hydrogens is 122 g/mol. The van der Waals surface area contributed by atoms with E-state index in [4.69, 9.17) is 0 Å². The molecule has 0 unspecified atom stereocenters. The number of allylic oxidation sites excluding steroid dienone is 1. The van der Waals surface area contributed by atoms with E-state index in [1.54, 1.807) is 0 Å². The summed E-state index contributed by atoms with van der Waals surface area (Å²) in [5.41, 5.74) is 1.76. The Morgan fingerprint density at radius 1 is 1.50 bits per heavy atom. The summed E-state index contributed by atoms with van der Waals surface area (Å²) >= 11 is 0. The maximum atomic E-state index is 4.06. The van der Waals surface area contributed by atoms with Gasteiger partial charge in [-0.2, -0.15) is 0 Å². The van der Waals surface area contributed by atoms with E-state index in [0.717, 1.165) is 6.04 Å². The van der Waals surface area contributed by atoms with Crippen LogP contribution in [0.2, 0.25) is 0 Å². The van der Waals surface area contributed by atoms with Crippen LogP contribution >= 0.6 is 0 Å². The molecule has 0 amide bonds. The normalized spacial score (nSPS) is 27.7. The molecule has 2 fully saturated rings. The summed E-state index contributed by atoms with van der Waals surface area (Å²) in [6.07, 6.45) is 5.39. The molecule has 2 aliphatic rings. The Hall–Kier alpha value is -0.460. The highest BCUT2D eigenvalue weighted by Crippen LogP contribution is 2.50. The second-order valence-corrected chi connectivity index (χ2v) is 3.96. The van der Waals surface area contributed by atoms with E-state index >= 15 is 0 Å². The molecule has 10 heavy (non-hydrogen) atoms. The first-order chi connectivity index (χ1) is 4.71. The molecule has 0 aromatic heterocycles. The summed E-state index contributed by atoms with van der Waals surface area (Å²) in [7, 11) is 0. The van der Waals surface area contributed by atoms with Gasteiger partial charge < -0.3 is 5.32 Å². The third-order valence-corrected chi connectivity index (χ3v) is 2.68. The van der Waals surface area contributed by atoms with Gasteiger partial charge in [-0.3, -0.25) is 0 Å². The van der Waals surface area contributed by atoms with Crippen LogP contribution in [0.3, 0.4) is 0 Å². The lowest BCUT2D eigenvalue weighted by Crippen LogP contribution is -2.20. The maximum Gasteiger partial charge on any atom is 0.0259 e. The Kier molecular flexibility index (Phi) is 1.11. The molecule has 0 atom stereocenters. The van der Waals surface area contributed by atoms with Crippen molar-refractivity contribution in [3.63, 3.8) is 0 Å². The van der Waals surface area contributed by atoms with Crippen molar-refractivity contribution >= 4 is 0 Å². The van der Waals surface area contributed by atoms with Crippen LogP contribution < -0.4 is 5.32 Å². The molecule has 0 aromatic carbocycles. The predicted molar refractivity (Wildman–Crippen MR) is 42.6 cm³/mol. The molecule has 2 rings (SSSR count). The molecule has 1 heteroatoms. The Labute approximate surface area is 62.5 Å². The fourth-order valence-electron chi connectivity index (χ4n) is 1.14. The molecule has 1 nitrogen and oxygen atoms in total. The topological polar surface area (TPSA) is 12.0 Å². The zero-order valence-electron chi connectivity index (χ0n) is 6.61. The first kappa shape index (κ1) is 6.26. The fraction of sp³-hybridized carbons (Fsp3) is 0.778. The van der Waals surface area contributed by atoms with Crippen molar-refractivity contribution < 1.29 is 0 Å². The average Bonchev–Trinajstić information content (AvgIpc) is 2.67. The molecule has 0 aromatic rings. The van der Waals surface area contributed by atoms with Crippen LogP contribution in [0.5, 0.6) is 0 Å². The minimum absolute atomic E-state index is 0.475. The lowest BCUT2D eigenvalue weighted by atomic mass is 10.1. The monoisotopic (exact) mass is 137 g/mol. The van der Waals surface area contributed by atoms with Crippen molar-refractivity contribution in [2.45, 2.75) is 38.6 Å². The fourth-order valence-corrected chi connectivity index (χ4v) is 1.14. The number of rotatable bonds is 3. The van der Waals surface area contributed by atoms with Crippen LogP contribution in [0.25, 0.3) is 0 Å². The smallest absolute Gasteiger partial charge is 0.0259 e. The molecule has 2 aliphatic carbocycles. The van der Waals surface area contributed by atoms with E-state index in [-0.39, 0.29) is 0 Å². The molecule has 0 saturated heterocycles. The van der Waals surface area contributed by atoms with Crippen LogP contribution in [0.4, 0.5) is 0 Å². The third-order valence-electron chi connectivity index (χ3n) is 2.68. The molecule has 0 heterocycles. The molecule has 0 radical (unpaired) electrons.